The number of hydrogen-bond donors (Lipinski definition) is 1. The Morgan fingerprint density at radius 1 is 1.15 bits per heavy atom. The van der Waals surface area contributed by atoms with Crippen molar-refractivity contribution in [2.75, 3.05) is 37.0 Å². The van der Waals surface area contributed by atoms with Gasteiger partial charge in [0, 0.05) is 24.5 Å². The molecule has 1 heterocycles. The van der Waals surface area contributed by atoms with Crippen LogP contribution in [0.3, 0.4) is 0 Å². The van der Waals surface area contributed by atoms with E-state index in [0.717, 1.165) is 19.3 Å². The van der Waals surface area contributed by atoms with Crippen molar-refractivity contribution in [2.45, 2.75) is 30.6 Å². The van der Waals surface area contributed by atoms with E-state index in [2.05, 4.69) is 10.1 Å². The Bertz CT molecular complexity index is 713. The number of piperidine rings is 1. The summed E-state index contributed by atoms with van der Waals surface area (Å²) < 4.78 is 31.2. The van der Waals surface area contributed by atoms with Crippen LogP contribution in [0.25, 0.3) is 0 Å². The maximum absolute atomic E-state index is 12.6. The molecule has 0 unspecified atom stereocenters. The number of anilines is 1. The van der Waals surface area contributed by atoms with Crippen LogP contribution in [0.1, 0.15) is 25.7 Å². The summed E-state index contributed by atoms with van der Waals surface area (Å²) in [5, 5.41) is 2.72. The average Bonchev–Trinajstić information content (AvgIpc) is 2.66. The molecular formula is C17H24N2O5S2. The number of nitrogens with zero attached hydrogens (tertiary/aromatic N) is 1. The van der Waals surface area contributed by atoms with Crippen molar-refractivity contribution in [3.05, 3.63) is 24.3 Å². The predicted octanol–water partition coefficient (Wildman–Crippen LogP) is 2.10. The molecule has 0 bridgehead atoms. The van der Waals surface area contributed by atoms with Crippen LogP contribution in [0.4, 0.5) is 5.69 Å². The van der Waals surface area contributed by atoms with Gasteiger partial charge in [0.25, 0.3) is 0 Å². The van der Waals surface area contributed by atoms with Crippen molar-refractivity contribution in [1.82, 2.24) is 4.31 Å². The normalized spacial score (nSPS) is 15.4. The highest BCUT2D eigenvalue weighted by Crippen LogP contribution is 2.22. The number of ether oxygens (including phenoxy) is 1. The number of benzene rings is 1. The molecule has 1 aromatic rings. The topological polar surface area (TPSA) is 92.8 Å². The number of esters is 1. The lowest BCUT2D eigenvalue weighted by Gasteiger charge is -2.25. The predicted molar refractivity (Wildman–Crippen MR) is 102 cm³/mol. The first-order valence-electron chi connectivity index (χ1n) is 8.48. The van der Waals surface area contributed by atoms with Gasteiger partial charge in [-0.3, -0.25) is 9.59 Å². The molecule has 2 rings (SSSR count). The third-order valence-electron chi connectivity index (χ3n) is 4.00. The summed E-state index contributed by atoms with van der Waals surface area (Å²) in [4.78, 5) is 23.1. The minimum Gasteiger partial charge on any atom is -0.469 e. The minimum absolute atomic E-state index is 0.202. The van der Waals surface area contributed by atoms with Crippen LogP contribution in [-0.4, -0.2) is 56.3 Å². The van der Waals surface area contributed by atoms with E-state index in [1.54, 1.807) is 12.1 Å². The van der Waals surface area contributed by atoms with Crippen LogP contribution in [0.15, 0.2) is 29.2 Å². The van der Waals surface area contributed by atoms with Crippen molar-refractivity contribution >= 4 is 39.3 Å². The molecule has 0 aromatic heterocycles. The van der Waals surface area contributed by atoms with Crippen molar-refractivity contribution in [1.29, 1.82) is 0 Å². The van der Waals surface area contributed by atoms with Crippen molar-refractivity contribution < 1.29 is 22.7 Å². The molecule has 1 amide bonds. The van der Waals surface area contributed by atoms with Crippen molar-refractivity contribution in [3.8, 4) is 0 Å². The Morgan fingerprint density at radius 3 is 2.42 bits per heavy atom. The first-order valence-corrected chi connectivity index (χ1v) is 11.1. The summed E-state index contributed by atoms with van der Waals surface area (Å²) in [6.07, 6.45) is 3.11. The van der Waals surface area contributed by atoms with Crippen LogP contribution in [0.5, 0.6) is 0 Å². The first-order chi connectivity index (χ1) is 12.4. The third-order valence-corrected chi connectivity index (χ3v) is 6.87. The standard InChI is InChI=1S/C17H24N2O5S2/c1-24-17(21)9-12-25-13-16(20)18-14-5-7-15(8-6-14)26(22,23)19-10-3-2-4-11-19/h5-8H,2-4,9-13H2,1H3,(H,18,20). The molecular weight excluding hydrogens is 376 g/mol. The fourth-order valence-electron chi connectivity index (χ4n) is 2.58. The minimum atomic E-state index is -3.46. The van der Waals surface area contributed by atoms with E-state index >= 15 is 0 Å². The van der Waals surface area contributed by atoms with Crippen LogP contribution < -0.4 is 5.32 Å². The number of amides is 1. The molecule has 9 heteroatoms. The molecule has 0 spiro atoms. The molecule has 0 radical (unpaired) electrons. The van der Waals surface area contributed by atoms with Gasteiger partial charge in [-0.2, -0.15) is 16.1 Å². The second-order valence-corrected chi connectivity index (χ2v) is 8.96. The molecule has 1 saturated heterocycles. The van der Waals surface area contributed by atoms with E-state index in [-0.39, 0.29) is 28.9 Å². The van der Waals surface area contributed by atoms with Gasteiger partial charge < -0.3 is 10.1 Å². The lowest BCUT2D eigenvalue weighted by atomic mass is 10.2. The van der Waals surface area contributed by atoms with Gasteiger partial charge in [0.15, 0.2) is 0 Å². The van der Waals surface area contributed by atoms with Gasteiger partial charge in [-0.25, -0.2) is 8.42 Å². The van der Waals surface area contributed by atoms with Crippen LogP contribution in [0.2, 0.25) is 0 Å². The fraction of sp³-hybridized carbons (Fsp3) is 0.529. The first kappa shape index (κ1) is 20.7. The molecule has 0 aliphatic carbocycles. The number of methoxy groups -OCH3 is 1. The van der Waals surface area contributed by atoms with E-state index in [0.29, 0.717) is 24.5 Å². The van der Waals surface area contributed by atoms with Crippen LogP contribution >= 0.6 is 11.8 Å². The zero-order valence-electron chi connectivity index (χ0n) is 14.8. The Labute approximate surface area is 158 Å². The monoisotopic (exact) mass is 400 g/mol. The molecule has 0 atom stereocenters. The maximum Gasteiger partial charge on any atom is 0.306 e. The average molecular weight is 401 g/mol. The molecule has 1 fully saturated rings. The van der Waals surface area contributed by atoms with E-state index in [1.807, 2.05) is 0 Å². The Kier molecular flexibility index (Phi) is 7.92. The highest BCUT2D eigenvalue weighted by Gasteiger charge is 2.25. The lowest BCUT2D eigenvalue weighted by molar-refractivity contribution is -0.140. The van der Waals surface area contributed by atoms with Crippen molar-refractivity contribution in [2.24, 2.45) is 0 Å². The number of hydrogen-bond acceptors (Lipinski definition) is 6. The molecule has 144 valence electrons. The zero-order valence-corrected chi connectivity index (χ0v) is 16.4. The molecule has 26 heavy (non-hydrogen) atoms. The SMILES string of the molecule is COC(=O)CCSCC(=O)Nc1ccc(S(=O)(=O)N2CCCCC2)cc1. The summed E-state index contributed by atoms with van der Waals surface area (Å²) in [7, 11) is -2.13. The van der Waals surface area contributed by atoms with E-state index in [4.69, 9.17) is 0 Å². The fourth-order valence-corrected chi connectivity index (χ4v) is 4.81. The van der Waals surface area contributed by atoms with Gasteiger partial charge in [-0.15, -0.1) is 0 Å². The Morgan fingerprint density at radius 2 is 1.81 bits per heavy atom. The van der Waals surface area contributed by atoms with Gasteiger partial charge in [-0.1, -0.05) is 6.42 Å². The largest absolute Gasteiger partial charge is 0.469 e. The summed E-state index contributed by atoms with van der Waals surface area (Å²) >= 11 is 1.34. The zero-order chi connectivity index (χ0) is 19.0. The van der Waals surface area contributed by atoms with Crippen LogP contribution in [0, 0.1) is 0 Å². The van der Waals surface area contributed by atoms with E-state index in [9.17, 15) is 18.0 Å². The number of carbonyl (C=O) groups is 2. The van der Waals surface area contributed by atoms with Gasteiger partial charge in [-0.05, 0) is 37.1 Å². The van der Waals surface area contributed by atoms with Gasteiger partial charge in [0.2, 0.25) is 15.9 Å². The van der Waals surface area contributed by atoms with Gasteiger partial charge in [0.1, 0.15) is 0 Å². The quantitative estimate of drug-likeness (QED) is 0.531. The lowest BCUT2D eigenvalue weighted by Crippen LogP contribution is -2.35. The number of nitrogens with one attached hydrogen (secondary N) is 1. The smallest absolute Gasteiger partial charge is 0.306 e. The molecule has 1 N–H and O–H groups in total. The van der Waals surface area contributed by atoms with Crippen molar-refractivity contribution in [3.63, 3.8) is 0 Å². The Hall–Kier alpha value is -1.58. The number of sulfonamides is 1. The molecule has 1 aliphatic heterocycles. The van der Waals surface area contributed by atoms with Gasteiger partial charge >= 0.3 is 5.97 Å². The Balaban J connectivity index is 1.85. The number of rotatable bonds is 8. The van der Waals surface area contributed by atoms with E-state index in [1.165, 1.54) is 35.3 Å². The van der Waals surface area contributed by atoms with Crippen LogP contribution in [-0.2, 0) is 24.3 Å². The summed E-state index contributed by atoms with van der Waals surface area (Å²) in [5.41, 5.74) is 0.543. The number of carbonyl (C=O) groups excluding carboxylic acids is 2. The third kappa shape index (κ3) is 6.00. The highest BCUT2D eigenvalue weighted by molar-refractivity contribution is 7.99. The molecule has 0 saturated carbocycles. The summed E-state index contributed by atoms with van der Waals surface area (Å²) in [6.45, 7) is 1.12. The molecule has 1 aromatic carbocycles. The summed E-state index contributed by atoms with van der Waals surface area (Å²) in [5.74, 6) is 0.215. The molecule has 1 aliphatic rings. The summed E-state index contributed by atoms with van der Waals surface area (Å²) in [6, 6.07) is 6.22. The second-order valence-electron chi connectivity index (χ2n) is 5.92. The second kappa shape index (κ2) is 9.94. The van der Waals surface area contributed by atoms with E-state index < -0.39 is 10.0 Å². The number of thioether (sulfide) groups is 1. The highest BCUT2D eigenvalue weighted by atomic mass is 32.2. The molecule has 7 nitrogen and oxygen atoms in total. The van der Waals surface area contributed by atoms with Gasteiger partial charge in [0.05, 0.1) is 24.2 Å². The maximum atomic E-state index is 12.6.